The molecule has 0 spiro atoms. The third-order valence-corrected chi connectivity index (χ3v) is 2.81. The zero-order valence-electron chi connectivity index (χ0n) is 9.41. The summed E-state index contributed by atoms with van der Waals surface area (Å²) < 4.78 is 4.86. The summed E-state index contributed by atoms with van der Waals surface area (Å²) in [6, 6.07) is 4.64. The summed E-state index contributed by atoms with van der Waals surface area (Å²) in [5.41, 5.74) is 0.228. The normalized spacial score (nSPS) is 14.1. The molecule has 1 amide bonds. The van der Waals surface area contributed by atoms with Crippen molar-refractivity contribution in [1.29, 1.82) is 0 Å². The predicted octanol–water partition coefficient (Wildman–Crippen LogP) is 2.43. The molecule has 2 rings (SSSR count). The van der Waals surface area contributed by atoms with Crippen molar-refractivity contribution in [1.82, 2.24) is 5.32 Å². The van der Waals surface area contributed by atoms with E-state index in [0.717, 1.165) is 12.8 Å². The number of nitrogens with one attached hydrogen (secondary N) is 1. The first-order valence-electron chi connectivity index (χ1n) is 5.47. The molecule has 0 unspecified atom stereocenters. The van der Waals surface area contributed by atoms with E-state index in [4.69, 9.17) is 27.9 Å². The van der Waals surface area contributed by atoms with Gasteiger partial charge in [-0.15, -0.1) is 0 Å². The summed E-state index contributed by atoms with van der Waals surface area (Å²) in [6.07, 6.45) is 1.98. The molecule has 1 aromatic rings. The number of benzene rings is 1. The van der Waals surface area contributed by atoms with Gasteiger partial charge in [0.25, 0.3) is 5.91 Å². The molecule has 0 radical (unpaired) electrons. The topological polar surface area (TPSA) is 55.4 Å². The van der Waals surface area contributed by atoms with E-state index in [0.29, 0.717) is 10.0 Å². The molecule has 1 saturated carbocycles. The first kappa shape index (κ1) is 13.2. The molecule has 96 valence electrons. The van der Waals surface area contributed by atoms with Crippen LogP contribution < -0.4 is 5.32 Å². The Morgan fingerprint density at radius 1 is 1.22 bits per heavy atom. The predicted molar refractivity (Wildman–Crippen MR) is 67.9 cm³/mol. The number of hydrogen-bond acceptors (Lipinski definition) is 3. The molecule has 0 aliphatic heterocycles. The molecule has 1 fully saturated rings. The van der Waals surface area contributed by atoms with Gasteiger partial charge < -0.3 is 10.1 Å². The van der Waals surface area contributed by atoms with Crippen molar-refractivity contribution >= 4 is 35.1 Å². The fraction of sp³-hybridized carbons (Fsp3) is 0.333. The van der Waals surface area contributed by atoms with E-state index in [1.54, 1.807) is 0 Å². The van der Waals surface area contributed by atoms with Gasteiger partial charge in [-0.1, -0.05) is 23.2 Å². The summed E-state index contributed by atoms with van der Waals surface area (Å²) in [4.78, 5) is 23.0. The fourth-order valence-electron chi connectivity index (χ4n) is 1.38. The standard InChI is InChI=1S/C12H11Cl2NO3/c13-8-3-7(4-9(14)5-8)12(17)18-6-11(16)15-10-1-2-10/h3-5,10H,1-2,6H2,(H,15,16). The fourth-order valence-corrected chi connectivity index (χ4v) is 1.91. The van der Waals surface area contributed by atoms with Crippen molar-refractivity contribution in [2.75, 3.05) is 6.61 Å². The Kier molecular flexibility index (Phi) is 4.09. The third kappa shape index (κ3) is 3.89. The lowest BCUT2D eigenvalue weighted by molar-refractivity contribution is -0.124. The van der Waals surface area contributed by atoms with E-state index in [9.17, 15) is 9.59 Å². The highest BCUT2D eigenvalue weighted by atomic mass is 35.5. The Morgan fingerprint density at radius 3 is 2.39 bits per heavy atom. The molecular formula is C12H11Cl2NO3. The Bertz CT molecular complexity index is 466. The van der Waals surface area contributed by atoms with E-state index >= 15 is 0 Å². The molecule has 18 heavy (non-hydrogen) atoms. The Balaban J connectivity index is 1.88. The van der Waals surface area contributed by atoms with Crippen molar-refractivity contribution in [3.8, 4) is 0 Å². The van der Waals surface area contributed by atoms with Gasteiger partial charge in [0.2, 0.25) is 0 Å². The second-order valence-corrected chi connectivity index (χ2v) is 4.95. The lowest BCUT2D eigenvalue weighted by Gasteiger charge is -2.06. The molecular weight excluding hydrogens is 277 g/mol. The molecule has 0 heterocycles. The van der Waals surface area contributed by atoms with Crippen molar-refractivity contribution in [2.45, 2.75) is 18.9 Å². The Hall–Kier alpha value is -1.26. The highest BCUT2D eigenvalue weighted by Crippen LogP contribution is 2.20. The van der Waals surface area contributed by atoms with Crippen LogP contribution in [0.15, 0.2) is 18.2 Å². The Morgan fingerprint density at radius 2 is 1.83 bits per heavy atom. The van der Waals surface area contributed by atoms with Gasteiger partial charge in [-0.05, 0) is 31.0 Å². The average molecular weight is 288 g/mol. The van der Waals surface area contributed by atoms with Crippen molar-refractivity contribution < 1.29 is 14.3 Å². The number of amides is 1. The van der Waals surface area contributed by atoms with E-state index < -0.39 is 5.97 Å². The molecule has 0 atom stereocenters. The zero-order valence-corrected chi connectivity index (χ0v) is 10.9. The second kappa shape index (κ2) is 5.59. The quantitative estimate of drug-likeness (QED) is 0.866. The zero-order chi connectivity index (χ0) is 13.1. The highest BCUT2D eigenvalue weighted by molar-refractivity contribution is 6.35. The summed E-state index contributed by atoms with van der Waals surface area (Å²) in [6.45, 7) is -0.292. The molecule has 0 saturated heterocycles. The van der Waals surface area contributed by atoms with Crippen LogP contribution in [0, 0.1) is 0 Å². The lowest BCUT2D eigenvalue weighted by atomic mass is 10.2. The third-order valence-electron chi connectivity index (χ3n) is 2.38. The molecule has 0 bridgehead atoms. The molecule has 1 aliphatic rings. The van der Waals surface area contributed by atoms with Gasteiger partial charge in [-0.25, -0.2) is 4.79 Å². The van der Waals surface area contributed by atoms with Gasteiger partial charge in [0.05, 0.1) is 5.56 Å². The lowest BCUT2D eigenvalue weighted by Crippen LogP contribution is -2.30. The van der Waals surface area contributed by atoms with Gasteiger partial charge in [0.1, 0.15) is 0 Å². The average Bonchev–Trinajstić information content (AvgIpc) is 3.08. The van der Waals surface area contributed by atoms with Gasteiger partial charge in [-0.3, -0.25) is 4.79 Å². The monoisotopic (exact) mass is 287 g/mol. The SMILES string of the molecule is O=C(COC(=O)c1cc(Cl)cc(Cl)c1)NC1CC1. The minimum atomic E-state index is -0.620. The maximum Gasteiger partial charge on any atom is 0.338 e. The van der Waals surface area contributed by atoms with Crippen LogP contribution in [0.25, 0.3) is 0 Å². The number of carbonyl (C=O) groups excluding carboxylic acids is 2. The maximum atomic E-state index is 11.6. The van der Waals surface area contributed by atoms with E-state index in [1.165, 1.54) is 18.2 Å². The maximum absolute atomic E-state index is 11.6. The summed E-state index contributed by atoms with van der Waals surface area (Å²) in [5.74, 6) is -0.913. The van der Waals surface area contributed by atoms with Gasteiger partial charge in [-0.2, -0.15) is 0 Å². The van der Waals surface area contributed by atoms with Gasteiger partial charge in [0, 0.05) is 16.1 Å². The first-order chi connectivity index (χ1) is 8.54. The van der Waals surface area contributed by atoms with E-state index in [-0.39, 0.29) is 24.1 Å². The molecule has 1 aromatic carbocycles. The largest absolute Gasteiger partial charge is 0.452 e. The van der Waals surface area contributed by atoms with E-state index in [2.05, 4.69) is 5.32 Å². The number of ether oxygens (including phenoxy) is 1. The number of rotatable bonds is 4. The van der Waals surface area contributed by atoms with Crippen molar-refractivity contribution in [3.05, 3.63) is 33.8 Å². The van der Waals surface area contributed by atoms with Crippen LogP contribution in [0.3, 0.4) is 0 Å². The van der Waals surface area contributed by atoms with E-state index in [1.807, 2.05) is 0 Å². The number of hydrogen-bond donors (Lipinski definition) is 1. The van der Waals surface area contributed by atoms with Crippen LogP contribution in [-0.2, 0) is 9.53 Å². The highest BCUT2D eigenvalue weighted by Gasteiger charge is 2.23. The number of carbonyl (C=O) groups is 2. The van der Waals surface area contributed by atoms with Crippen LogP contribution in [0.2, 0.25) is 10.0 Å². The van der Waals surface area contributed by atoms with Crippen molar-refractivity contribution in [2.24, 2.45) is 0 Å². The molecule has 6 heteroatoms. The number of esters is 1. The minimum absolute atomic E-state index is 0.228. The summed E-state index contributed by atoms with van der Waals surface area (Å²) in [5, 5.41) is 3.40. The van der Waals surface area contributed by atoms with Gasteiger partial charge >= 0.3 is 5.97 Å². The summed E-state index contributed by atoms with van der Waals surface area (Å²) >= 11 is 11.5. The smallest absolute Gasteiger partial charge is 0.338 e. The van der Waals surface area contributed by atoms with Crippen LogP contribution >= 0.6 is 23.2 Å². The van der Waals surface area contributed by atoms with Crippen LogP contribution in [-0.4, -0.2) is 24.5 Å². The van der Waals surface area contributed by atoms with Crippen LogP contribution in [0.5, 0.6) is 0 Å². The van der Waals surface area contributed by atoms with Gasteiger partial charge in [0.15, 0.2) is 6.61 Å². The molecule has 0 aromatic heterocycles. The molecule has 1 aliphatic carbocycles. The second-order valence-electron chi connectivity index (χ2n) is 4.08. The first-order valence-corrected chi connectivity index (χ1v) is 6.23. The van der Waals surface area contributed by atoms with Crippen LogP contribution in [0.1, 0.15) is 23.2 Å². The Labute approximate surface area is 114 Å². The molecule has 4 nitrogen and oxygen atoms in total. The number of halogens is 2. The molecule has 1 N–H and O–H groups in total. The minimum Gasteiger partial charge on any atom is -0.452 e. The summed E-state index contributed by atoms with van der Waals surface area (Å²) in [7, 11) is 0. The van der Waals surface area contributed by atoms with Crippen molar-refractivity contribution in [3.63, 3.8) is 0 Å². The van der Waals surface area contributed by atoms with Crippen LogP contribution in [0.4, 0.5) is 0 Å².